The van der Waals surface area contributed by atoms with Gasteiger partial charge < -0.3 is 15.0 Å². The van der Waals surface area contributed by atoms with Crippen molar-refractivity contribution in [3.05, 3.63) is 59.1 Å². The maximum Gasteiger partial charge on any atom is 0.322 e. The maximum atomic E-state index is 12.4. The molecular formula is C18H21ClN2O2. The third kappa shape index (κ3) is 4.63. The Kier molecular flexibility index (Phi) is 5.88. The molecule has 2 aromatic rings. The van der Waals surface area contributed by atoms with E-state index in [4.69, 9.17) is 16.3 Å². The zero-order chi connectivity index (χ0) is 16.8. The van der Waals surface area contributed by atoms with E-state index in [0.29, 0.717) is 11.6 Å². The van der Waals surface area contributed by atoms with Crippen LogP contribution >= 0.6 is 11.6 Å². The van der Waals surface area contributed by atoms with Crippen molar-refractivity contribution in [3.63, 3.8) is 0 Å². The minimum Gasteiger partial charge on any atom is -0.494 e. The van der Waals surface area contributed by atoms with Gasteiger partial charge in [0.05, 0.1) is 12.6 Å². The van der Waals surface area contributed by atoms with Gasteiger partial charge in [-0.15, -0.1) is 0 Å². The summed E-state index contributed by atoms with van der Waals surface area (Å²) in [5.74, 6) is 0.786. The summed E-state index contributed by atoms with van der Waals surface area (Å²) in [7, 11) is 1.77. The summed E-state index contributed by atoms with van der Waals surface area (Å²) < 4.78 is 5.39. The SMILES string of the molecule is CCOc1ccc(NC(=O)N(C)C(C)c2ccc(Cl)cc2)cc1. The number of urea groups is 1. The fraction of sp³-hybridized carbons (Fsp3) is 0.278. The number of carbonyl (C=O) groups is 1. The fourth-order valence-corrected chi connectivity index (χ4v) is 2.28. The van der Waals surface area contributed by atoms with Crippen molar-refractivity contribution < 1.29 is 9.53 Å². The van der Waals surface area contributed by atoms with Crippen LogP contribution < -0.4 is 10.1 Å². The van der Waals surface area contributed by atoms with Gasteiger partial charge in [-0.25, -0.2) is 4.79 Å². The molecule has 0 spiro atoms. The van der Waals surface area contributed by atoms with Crippen molar-refractivity contribution in [3.8, 4) is 5.75 Å². The van der Waals surface area contributed by atoms with Gasteiger partial charge in [-0.05, 0) is 55.8 Å². The first-order chi connectivity index (χ1) is 11.0. The summed E-state index contributed by atoms with van der Waals surface area (Å²) in [4.78, 5) is 14.0. The van der Waals surface area contributed by atoms with Crippen molar-refractivity contribution in [2.45, 2.75) is 19.9 Å². The molecule has 5 heteroatoms. The van der Waals surface area contributed by atoms with Crippen LogP contribution in [0.3, 0.4) is 0 Å². The van der Waals surface area contributed by atoms with Gasteiger partial charge in [0, 0.05) is 17.8 Å². The molecule has 1 N–H and O–H groups in total. The molecule has 0 saturated carbocycles. The molecule has 0 aliphatic heterocycles. The molecule has 1 atom stereocenters. The van der Waals surface area contributed by atoms with Gasteiger partial charge in [0.15, 0.2) is 0 Å². The molecule has 1 unspecified atom stereocenters. The van der Waals surface area contributed by atoms with Crippen molar-refractivity contribution in [1.82, 2.24) is 4.90 Å². The molecule has 0 fully saturated rings. The van der Waals surface area contributed by atoms with Crippen molar-refractivity contribution in [2.75, 3.05) is 19.0 Å². The van der Waals surface area contributed by atoms with E-state index in [9.17, 15) is 4.79 Å². The number of hydrogen-bond acceptors (Lipinski definition) is 2. The Bertz CT molecular complexity index is 641. The highest BCUT2D eigenvalue weighted by Crippen LogP contribution is 2.22. The Morgan fingerprint density at radius 1 is 1.17 bits per heavy atom. The lowest BCUT2D eigenvalue weighted by molar-refractivity contribution is 0.208. The first-order valence-corrected chi connectivity index (χ1v) is 7.91. The summed E-state index contributed by atoms with van der Waals surface area (Å²) in [6.07, 6.45) is 0. The van der Waals surface area contributed by atoms with E-state index >= 15 is 0 Å². The molecule has 0 aliphatic carbocycles. The highest BCUT2D eigenvalue weighted by atomic mass is 35.5. The molecule has 2 amide bonds. The molecule has 0 aliphatic rings. The van der Waals surface area contributed by atoms with Crippen molar-refractivity contribution >= 4 is 23.3 Å². The number of hydrogen-bond donors (Lipinski definition) is 1. The maximum absolute atomic E-state index is 12.4. The fourth-order valence-electron chi connectivity index (χ4n) is 2.15. The van der Waals surface area contributed by atoms with E-state index < -0.39 is 0 Å². The molecule has 4 nitrogen and oxygen atoms in total. The molecule has 0 heterocycles. The molecule has 122 valence electrons. The summed E-state index contributed by atoms with van der Waals surface area (Å²) in [6.45, 7) is 4.52. The molecular weight excluding hydrogens is 312 g/mol. The van der Waals surface area contributed by atoms with Crippen LogP contribution in [0.15, 0.2) is 48.5 Å². The molecule has 0 bridgehead atoms. The number of nitrogens with zero attached hydrogens (tertiary/aromatic N) is 1. The monoisotopic (exact) mass is 332 g/mol. The molecule has 2 aromatic carbocycles. The third-order valence-corrected chi connectivity index (χ3v) is 3.92. The number of rotatable bonds is 5. The minimum absolute atomic E-state index is 0.0602. The van der Waals surface area contributed by atoms with Crippen LogP contribution in [0.1, 0.15) is 25.5 Å². The zero-order valence-corrected chi connectivity index (χ0v) is 14.3. The lowest BCUT2D eigenvalue weighted by atomic mass is 10.1. The molecule has 23 heavy (non-hydrogen) atoms. The Balaban J connectivity index is 2.00. The van der Waals surface area contributed by atoms with Crippen LogP contribution in [-0.2, 0) is 0 Å². The average Bonchev–Trinajstić information content (AvgIpc) is 2.56. The molecule has 0 radical (unpaired) electrons. The number of anilines is 1. The predicted molar refractivity (Wildman–Crippen MR) is 94.3 cm³/mol. The van der Waals surface area contributed by atoms with Gasteiger partial charge in [-0.1, -0.05) is 23.7 Å². The first kappa shape index (κ1) is 17.2. The number of amides is 2. The van der Waals surface area contributed by atoms with Gasteiger partial charge in [-0.3, -0.25) is 0 Å². The summed E-state index contributed by atoms with van der Waals surface area (Å²) in [5, 5.41) is 3.56. The summed E-state index contributed by atoms with van der Waals surface area (Å²) >= 11 is 5.90. The number of nitrogens with one attached hydrogen (secondary N) is 1. The third-order valence-electron chi connectivity index (χ3n) is 3.67. The van der Waals surface area contributed by atoms with E-state index in [2.05, 4.69) is 5.32 Å². The summed E-state index contributed by atoms with van der Waals surface area (Å²) in [6, 6.07) is 14.6. The number of halogens is 1. The average molecular weight is 333 g/mol. The molecule has 0 aromatic heterocycles. The largest absolute Gasteiger partial charge is 0.494 e. The Morgan fingerprint density at radius 3 is 2.35 bits per heavy atom. The lowest BCUT2D eigenvalue weighted by Crippen LogP contribution is -2.33. The Labute approximate surface area is 142 Å². The molecule has 2 rings (SSSR count). The van der Waals surface area contributed by atoms with E-state index in [1.807, 2.05) is 62.4 Å². The van der Waals surface area contributed by atoms with Crippen LogP contribution in [0.5, 0.6) is 5.75 Å². The topological polar surface area (TPSA) is 41.6 Å². The van der Waals surface area contributed by atoms with Crippen LogP contribution in [0.4, 0.5) is 10.5 Å². The Morgan fingerprint density at radius 2 is 1.78 bits per heavy atom. The lowest BCUT2D eigenvalue weighted by Gasteiger charge is -2.25. The van der Waals surface area contributed by atoms with Crippen LogP contribution in [0.25, 0.3) is 0 Å². The van der Waals surface area contributed by atoms with Crippen molar-refractivity contribution in [2.24, 2.45) is 0 Å². The second-order valence-electron chi connectivity index (χ2n) is 5.23. The smallest absolute Gasteiger partial charge is 0.322 e. The molecule has 0 saturated heterocycles. The highest BCUT2D eigenvalue weighted by Gasteiger charge is 2.17. The van der Waals surface area contributed by atoms with E-state index in [1.54, 1.807) is 11.9 Å². The van der Waals surface area contributed by atoms with E-state index in [1.165, 1.54) is 0 Å². The van der Waals surface area contributed by atoms with Gasteiger partial charge in [-0.2, -0.15) is 0 Å². The number of ether oxygens (including phenoxy) is 1. The summed E-state index contributed by atoms with van der Waals surface area (Å²) in [5.41, 5.74) is 1.76. The predicted octanol–water partition coefficient (Wildman–Crippen LogP) is 4.96. The second-order valence-corrected chi connectivity index (χ2v) is 5.66. The van der Waals surface area contributed by atoms with Crippen LogP contribution in [0.2, 0.25) is 5.02 Å². The van der Waals surface area contributed by atoms with Crippen molar-refractivity contribution in [1.29, 1.82) is 0 Å². The number of carbonyl (C=O) groups excluding carboxylic acids is 1. The van der Waals surface area contributed by atoms with E-state index in [-0.39, 0.29) is 12.1 Å². The second kappa shape index (κ2) is 7.88. The highest BCUT2D eigenvalue weighted by molar-refractivity contribution is 6.30. The van der Waals surface area contributed by atoms with Gasteiger partial charge in [0.1, 0.15) is 5.75 Å². The normalized spacial score (nSPS) is 11.7. The van der Waals surface area contributed by atoms with Crippen LogP contribution in [0, 0.1) is 0 Å². The van der Waals surface area contributed by atoms with Gasteiger partial charge in [0.25, 0.3) is 0 Å². The van der Waals surface area contributed by atoms with Crippen LogP contribution in [-0.4, -0.2) is 24.6 Å². The standard InChI is InChI=1S/C18H21ClN2O2/c1-4-23-17-11-9-16(10-12-17)20-18(22)21(3)13(2)14-5-7-15(19)8-6-14/h5-13H,4H2,1-3H3,(H,20,22). The number of benzene rings is 2. The van der Waals surface area contributed by atoms with Gasteiger partial charge in [0.2, 0.25) is 0 Å². The quantitative estimate of drug-likeness (QED) is 0.840. The van der Waals surface area contributed by atoms with E-state index in [0.717, 1.165) is 17.0 Å². The zero-order valence-electron chi connectivity index (χ0n) is 13.5. The first-order valence-electron chi connectivity index (χ1n) is 7.53. The minimum atomic E-state index is -0.170. The van der Waals surface area contributed by atoms with Gasteiger partial charge >= 0.3 is 6.03 Å². The Hall–Kier alpha value is -2.20.